The molecule has 2 aromatic rings. The quantitative estimate of drug-likeness (QED) is 0.751. The van der Waals surface area contributed by atoms with E-state index in [9.17, 15) is 14.7 Å². The van der Waals surface area contributed by atoms with E-state index in [-0.39, 0.29) is 11.4 Å². The lowest BCUT2D eigenvalue weighted by Crippen LogP contribution is -2.32. The highest BCUT2D eigenvalue weighted by Crippen LogP contribution is 2.43. The summed E-state index contributed by atoms with van der Waals surface area (Å²) in [6.45, 7) is 7.93. The summed E-state index contributed by atoms with van der Waals surface area (Å²) in [4.78, 5) is 27.7. The lowest BCUT2D eigenvalue weighted by atomic mass is 9.82. The zero-order valence-electron chi connectivity index (χ0n) is 17.3. The van der Waals surface area contributed by atoms with Crippen LogP contribution in [-0.4, -0.2) is 23.4 Å². The van der Waals surface area contributed by atoms with E-state index in [1.807, 2.05) is 43.3 Å². The van der Waals surface area contributed by atoms with Crippen molar-refractivity contribution in [3.05, 3.63) is 71.5 Å². The minimum Gasteiger partial charge on any atom is -0.503 e. The van der Waals surface area contributed by atoms with Gasteiger partial charge in [0.15, 0.2) is 11.5 Å². The molecular formula is C24H27NO4. The smallest absolute Gasteiger partial charge is 0.294 e. The molecule has 29 heavy (non-hydrogen) atoms. The molecule has 0 aromatic heterocycles. The molecule has 1 unspecified atom stereocenters. The molecule has 1 amide bonds. The van der Waals surface area contributed by atoms with Gasteiger partial charge in [-0.2, -0.15) is 0 Å². The maximum absolute atomic E-state index is 13.2. The van der Waals surface area contributed by atoms with E-state index >= 15 is 0 Å². The maximum atomic E-state index is 13.2. The summed E-state index contributed by atoms with van der Waals surface area (Å²) in [6, 6.07) is 15.8. The number of ether oxygens (including phenoxy) is 1. The number of amides is 1. The van der Waals surface area contributed by atoms with Crippen molar-refractivity contribution >= 4 is 17.4 Å². The predicted molar refractivity (Wildman–Crippen MR) is 113 cm³/mol. The second-order valence-electron chi connectivity index (χ2n) is 8.18. The van der Waals surface area contributed by atoms with Crippen LogP contribution in [0.3, 0.4) is 0 Å². The molecule has 1 heterocycles. The van der Waals surface area contributed by atoms with Crippen molar-refractivity contribution in [2.45, 2.75) is 40.2 Å². The van der Waals surface area contributed by atoms with Gasteiger partial charge in [-0.05, 0) is 24.1 Å². The fraction of sp³-hybridized carbons (Fsp3) is 0.333. The van der Waals surface area contributed by atoms with Crippen LogP contribution >= 0.6 is 0 Å². The normalized spacial score (nSPS) is 17.0. The number of carbonyl (C=O) groups is 2. The van der Waals surface area contributed by atoms with Crippen molar-refractivity contribution in [2.24, 2.45) is 5.41 Å². The molecule has 0 spiro atoms. The monoisotopic (exact) mass is 393 g/mol. The van der Waals surface area contributed by atoms with E-state index in [1.54, 1.807) is 39.0 Å². The Balaban J connectivity index is 2.12. The van der Waals surface area contributed by atoms with Gasteiger partial charge < -0.3 is 9.84 Å². The lowest BCUT2D eigenvalue weighted by Gasteiger charge is -2.29. The van der Waals surface area contributed by atoms with E-state index in [1.165, 1.54) is 4.90 Å². The zero-order chi connectivity index (χ0) is 21.2. The fourth-order valence-electron chi connectivity index (χ4n) is 3.40. The van der Waals surface area contributed by atoms with Crippen LogP contribution < -0.4 is 9.64 Å². The molecule has 5 heteroatoms. The van der Waals surface area contributed by atoms with E-state index in [0.717, 1.165) is 12.0 Å². The Morgan fingerprint density at radius 1 is 1.10 bits per heavy atom. The SMILES string of the molecule is CCCOc1cccc(N2C(=O)C(O)=C(C(=O)C(C)(C)C)C2c2ccccc2)c1. The Kier molecular flexibility index (Phi) is 5.78. The number of ketones is 1. The number of aliphatic hydroxyl groups excluding tert-OH is 1. The van der Waals surface area contributed by atoms with Crippen LogP contribution in [0.25, 0.3) is 0 Å². The molecule has 0 saturated carbocycles. The van der Waals surface area contributed by atoms with Crippen molar-refractivity contribution in [3.63, 3.8) is 0 Å². The Labute approximate surface area is 171 Å². The molecule has 1 aliphatic heterocycles. The van der Waals surface area contributed by atoms with Crippen molar-refractivity contribution in [2.75, 3.05) is 11.5 Å². The number of anilines is 1. The van der Waals surface area contributed by atoms with Gasteiger partial charge in [0.05, 0.1) is 18.2 Å². The number of aliphatic hydroxyl groups is 1. The highest BCUT2D eigenvalue weighted by Gasteiger charge is 2.46. The number of nitrogens with zero attached hydrogens (tertiary/aromatic N) is 1. The summed E-state index contributed by atoms with van der Waals surface area (Å²) in [5.41, 5.74) is 0.727. The molecule has 0 saturated heterocycles. The van der Waals surface area contributed by atoms with Crippen LogP contribution in [0, 0.1) is 5.41 Å². The standard InChI is InChI=1S/C24H27NO4/c1-5-14-29-18-13-9-12-17(15-18)25-20(16-10-7-6-8-11-16)19(21(26)23(25)28)22(27)24(2,3)4/h6-13,15,20,26H,5,14H2,1-4H3. The molecule has 0 radical (unpaired) electrons. The summed E-state index contributed by atoms with van der Waals surface area (Å²) in [5, 5.41) is 10.7. The molecule has 0 bridgehead atoms. The third-order valence-corrected chi connectivity index (χ3v) is 4.82. The minimum absolute atomic E-state index is 0.133. The minimum atomic E-state index is -0.737. The lowest BCUT2D eigenvalue weighted by molar-refractivity contribution is -0.123. The number of rotatable bonds is 6. The molecule has 1 N–H and O–H groups in total. The molecule has 1 atom stereocenters. The summed E-state index contributed by atoms with van der Waals surface area (Å²) in [5.74, 6) is -0.685. The maximum Gasteiger partial charge on any atom is 0.294 e. The average Bonchev–Trinajstić information content (AvgIpc) is 2.97. The van der Waals surface area contributed by atoms with Crippen LogP contribution in [0.4, 0.5) is 5.69 Å². The van der Waals surface area contributed by atoms with Gasteiger partial charge in [-0.15, -0.1) is 0 Å². The topological polar surface area (TPSA) is 66.8 Å². The van der Waals surface area contributed by atoms with Gasteiger partial charge >= 0.3 is 0 Å². The largest absolute Gasteiger partial charge is 0.503 e. The Bertz CT molecular complexity index is 941. The average molecular weight is 393 g/mol. The summed E-state index contributed by atoms with van der Waals surface area (Å²) < 4.78 is 5.71. The fourth-order valence-corrected chi connectivity index (χ4v) is 3.40. The van der Waals surface area contributed by atoms with Gasteiger partial charge in [0.2, 0.25) is 0 Å². The van der Waals surface area contributed by atoms with E-state index < -0.39 is 23.1 Å². The number of benzene rings is 2. The second-order valence-corrected chi connectivity index (χ2v) is 8.18. The molecule has 2 aromatic carbocycles. The summed E-state index contributed by atoms with van der Waals surface area (Å²) in [6.07, 6.45) is 0.867. The van der Waals surface area contributed by atoms with Gasteiger partial charge in [-0.25, -0.2) is 0 Å². The number of Topliss-reactive ketones (excluding diaryl/α,β-unsaturated/α-hetero) is 1. The van der Waals surface area contributed by atoms with Crippen LogP contribution in [0.2, 0.25) is 0 Å². The van der Waals surface area contributed by atoms with Crippen LogP contribution in [0.1, 0.15) is 45.7 Å². The molecule has 0 aliphatic carbocycles. The summed E-state index contributed by atoms with van der Waals surface area (Å²) in [7, 11) is 0. The second kappa shape index (κ2) is 8.11. The van der Waals surface area contributed by atoms with Gasteiger partial charge in [0.1, 0.15) is 5.75 Å². The van der Waals surface area contributed by atoms with Crippen molar-refractivity contribution in [1.29, 1.82) is 0 Å². The highest BCUT2D eigenvalue weighted by molar-refractivity contribution is 6.17. The Hall–Kier alpha value is -3.08. The number of hydrogen-bond donors (Lipinski definition) is 1. The van der Waals surface area contributed by atoms with E-state index in [0.29, 0.717) is 18.0 Å². The van der Waals surface area contributed by atoms with E-state index in [2.05, 4.69) is 0 Å². The zero-order valence-corrected chi connectivity index (χ0v) is 17.3. The highest BCUT2D eigenvalue weighted by atomic mass is 16.5. The van der Waals surface area contributed by atoms with Crippen molar-refractivity contribution in [1.82, 2.24) is 0 Å². The molecule has 3 rings (SSSR count). The third-order valence-electron chi connectivity index (χ3n) is 4.82. The predicted octanol–water partition coefficient (Wildman–Crippen LogP) is 4.99. The Morgan fingerprint density at radius 2 is 1.79 bits per heavy atom. The molecule has 5 nitrogen and oxygen atoms in total. The first-order valence-corrected chi connectivity index (χ1v) is 9.85. The number of carbonyl (C=O) groups excluding carboxylic acids is 2. The first-order valence-electron chi connectivity index (χ1n) is 9.85. The first-order chi connectivity index (χ1) is 13.8. The van der Waals surface area contributed by atoms with Gasteiger partial charge in [-0.3, -0.25) is 14.5 Å². The van der Waals surface area contributed by atoms with E-state index in [4.69, 9.17) is 4.74 Å². The first kappa shape index (κ1) is 20.6. The summed E-state index contributed by atoms with van der Waals surface area (Å²) >= 11 is 0. The van der Waals surface area contributed by atoms with Crippen LogP contribution in [0.5, 0.6) is 5.75 Å². The number of hydrogen-bond acceptors (Lipinski definition) is 4. The molecule has 1 aliphatic rings. The molecule has 152 valence electrons. The van der Waals surface area contributed by atoms with Gasteiger partial charge in [-0.1, -0.05) is 64.1 Å². The molecule has 0 fully saturated rings. The van der Waals surface area contributed by atoms with Crippen LogP contribution in [0.15, 0.2) is 65.9 Å². The van der Waals surface area contributed by atoms with Gasteiger partial charge in [0.25, 0.3) is 5.91 Å². The molecular weight excluding hydrogens is 366 g/mol. The van der Waals surface area contributed by atoms with Crippen molar-refractivity contribution in [3.8, 4) is 5.75 Å². The van der Waals surface area contributed by atoms with Crippen LogP contribution in [-0.2, 0) is 9.59 Å². The third kappa shape index (κ3) is 4.04. The Morgan fingerprint density at radius 3 is 2.41 bits per heavy atom. The van der Waals surface area contributed by atoms with Crippen molar-refractivity contribution < 1.29 is 19.4 Å². The van der Waals surface area contributed by atoms with Gasteiger partial charge in [0, 0.05) is 17.2 Å².